The molecule has 1 fully saturated rings. The highest BCUT2D eigenvalue weighted by Crippen LogP contribution is 2.20. The molecule has 1 saturated heterocycles. The van der Waals surface area contributed by atoms with Crippen molar-refractivity contribution in [2.75, 3.05) is 26.2 Å². The number of unbranched alkanes of at least 4 members (excludes halogenated alkanes) is 1. The van der Waals surface area contributed by atoms with Crippen LogP contribution in [-0.2, 0) is 24.0 Å². The molecule has 0 spiro atoms. The van der Waals surface area contributed by atoms with Gasteiger partial charge < -0.3 is 26.2 Å². The maximum absolute atomic E-state index is 13.1. The molecule has 11 nitrogen and oxygen atoms in total. The average molecular weight is 485 g/mol. The van der Waals surface area contributed by atoms with Gasteiger partial charge in [0, 0.05) is 13.0 Å². The second-order valence-corrected chi connectivity index (χ2v) is 9.18. The molecule has 194 valence electrons. The molecule has 5 N–H and O–H groups in total. The lowest BCUT2D eigenvalue weighted by Crippen LogP contribution is -2.58. The molecular formula is C23H40N4O7. The fraction of sp³-hybridized carbons (Fsp3) is 0.783. The summed E-state index contributed by atoms with van der Waals surface area (Å²) in [7, 11) is 0. The zero-order valence-electron chi connectivity index (χ0n) is 20.5. The summed E-state index contributed by atoms with van der Waals surface area (Å²) in [6.45, 7) is 6.52. The number of nitrogens with two attached hydrogens (primary N) is 1. The van der Waals surface area contributed by atoms with Crippen LogP contribution in [0.1, 0.15) is 65.7 Å². The van der Waals surface area contributed by atoms with Gasteiger partial charge in [-0.1, -0.05) is 26.7 Å². The van der Waals surface area contributed by atoms with Crippen molar-refractivity contribution in [3.63, 3.8) is 0 Å². The molecule has 0 radical (unpaired) electrons. The first-order valence-electron chi connectivity index (χ1n) is 12.0. The summed E-state index contributed by atoms with van der Waals surface area (Å²) in [5.74, 6) is -4.97. The Hall–Kier alpha value is -2.53. The lowest BCUT2D eigenvalue weighted by atomic mass is 9.92. The monoisotopic (exact) mass is 484 g/mol. The standard InChI is InChI=1S/C23H40N4O7/c1-4-26(18(28)8-6-5-7-16-9-11-25-12-10-16)14-19(29)27(21(15(2)3)23(33)34)22(32)17(24)13-20(30)31/h15-17,21,25H,4-14,24H2,1-3H3,(H,30,31)(H,33,34). The number of carboxylic acids is 2. The topological polar surface area (TPSA) is 170 Å². The van der Waals surface area contributed by atoms with Crippen molar-refractivity contribution in [2.24, 2.45) is 17.6 Å². The fourth-order valence-corrected chi connectivity index (χ4v) is 4.22. The molecule has 0 saturated carbocycles. The van der Waals surface area contributed by atoms with Gasteiger partial charge in [-0.3, -0.25) is 24.1 Å². The second kappa shape index (κ2) is 14.7. The van der Waals surface area contributed by atoms with Crippen molar-refractivity contribution >= 4 is 29.7 Å². The van der Waals surface area contributed by atoms with Gasteiger partial charge in [-0.05, 0) is 51.1 Å². The molecule has 0 aromatic carbocycles. The highest BCUT2D eigenvalue weighted by Gasteiger charge is 2.40. The molecule has 1 rings (SSSR count). The SMILES string of the molecule is CCN(CC(=O)N(C(=O)C(N)CC(=O)O)C(C(=O)O)C(C)C)C(=O)CCCCC1CCNCC1. The van der Waals surface area contributed by atoms with E-state index in [1.165, 1.54) is 18.7 Å². The number of rotatable bonds is 14. The molecule has 0 aromatic rings. The van der Waals surface area contributed by atoms with Crippen molar-refractivity contribution < 1.29 is 34.2 Å². The Bertz CT molecular complexity index is 722. The number of imide groups is 1. The fourth-order valence-electron chi connectivity index (χ4n) is 4.22. The van der Waals surface area contributed by atoms with E-state index in [9.17, 15) is 29.1 Å². The number of likely N-dealkylation sites (N-methyl/N-ethyl adjacent to an activating group) is 1. The predicted octanol–water partition coefficient (Wildman–Crippen LogP) is 0.661. The van der Waals surface area contributed by atoms with Crippen LogP contribution in [0.2, 0.25) is 0 Å². The number of hydrogen-bond acceptors (Lipinski definition) is 7. The average Bonchev–Trinajstić information content (AvgIpc) is 2.77. The summed E-state index contributed by atoms with van der Waals surface area (Å²) in [5, 5.41) is 21.9. The number of piperidine rings is 1. The van der Waals surface area contributed by atoms with Gasteiger partial charge in [0.2, 0.25) is 17.7 Å². The molecule has 1 heterocycles. The quantitative estimate of drug-likeness (QED) is 0.259. The third-order valence-corrected chi connectivity index (χ3v) is 6.15. The number of carbonyl (C=O) groups is 5. The molecule has 0 aliphatic carbocycles. The molecule has 34 heavy (non-hydrogen) atoms. The van der Waals surface area contributed by atoms with Crippen molar-refractivity contribution in [1.82, 2.24) is 15.1 Å². The first-order chi connectivity index (χ1) is 16.0. The third-order valence-electron chi connectivity index (χ3n) is 6.15. The molecule has 0 aromatic heterocycles. The van der Waals surface area contributed by atoms with E-state index >= 15 is 0 Å². The smallest absolute Gasteiger partial charge is 0.327 e. The van der Waals surface area contributed by atoms with Crippen LogP contribution < -0.4 is 11.1 Å². The zero-order valence-corrected chi connectivity index (χ0v) is 20.5. The summed E-state index contributed by atoms with van der Waals surface area (Å²) >= 11 is 0. The maximum Gasteiger partial charge on any atom is 0.327 e. The first-order valence-corrected chi connectivity index (χ1v) is 12.0. The Balaban J connectivity index is 2.83. The number of nitrogens with one attached hydrogen (secondary N) is 1. The van der Waals surface area contributed by atoms with Gasteiger partial charge in [0.25, 0.3) is 0 Å². The van der Waals surface area contributed by atoms with Crippen molar-refractivity contribution in [3.05, 3.63) is 0 Å². The van der Waals surface area contributed by atoms with Gasteiger partial charge in [0.1, 0.15) is 12.6 Å². The first kappa shape index (κ1) is 29.5. The summed E-state index contributed by atoms with van der Waals surface area (Å²) in [4.78, 5) is 63.2. The maximum atomic E-state index is 13.1. The largest absolute Gasteiger partial charge is 0.481 e. The summed E-state index contributed by atoms with van der Waals surface area (Å²) in [5.41, 5.74) is 5.66. The van der Waals surface area contributed by atoms with E-state index < -0.39 is 54.7 Å². The number of aliphatic carboxylic acids is 2. The molecule has 0 bridgehead atoms. The van der Waals surface area contributed by atoms with E-state index in [0.29, 0.717) is 17.2 Å². The van der Waals surface area contributed by atoms with Crippen LogP contribution in [0.5, 0.6) is 0 Å². The van der Waals surface area contributed by atoms with Crippen LogP contribution in [0.3, 0.4) is 0 Å². The Morgan fingerprint density at radius 3 is 2.15 bits per heavy atom. The van der Waals surface area contributed by atoms with E-state index in [2.05, 4.69) is 5.32 Å². The van der Waals surface area contributed by atoms with Gasteiger partial charge >= 0.3 is 11.9 Å². The predicted molar refractivity (Wildman–Crippen MR) is 125 cm³/mol. The summed E-state index contributed by atoms with van der Waals surface area (Å²) in [6.07, 6.45) is 4.43. The molecular weight excluding hydrogens is 444 g/mol. The van der Waals surface area contributed by atoms with Crippen LogP contribution in [0.25, 0.3) is 0 Å². The van der Waals surface area contributed by atoms with E-state index in [-0.39, 0.29) is 18.9 Å². The third kappa shape index (κ3) is 9.38. The van der Waals surface area contributed by atoms with Crippen LogP contribution in [0.15, 0.2) is 0 Å². The Morgan fingerprint density at radius 1 is 1.03 bits per heavy atom. The van der Waals surface area contributed by atoms with Crippen LogP contribution >= 0.6 is 0 Å². The molecule has 1 aliphatic heterocycles. The minimum absolute atomic E-state index is 0.210. The molecule has 2 atom stereocenters. The minimum Gasteiger partial charge on any atom is -0.481 e. The molecule has 11 heteroatoms. The highest BCUT2D eigenvalue weighted by atomic mass is 16.4. The van der Waals surface area contributed by atoms with Crippen LogP contribution in [-0.4, -0.2) is 87.9 Å². The number of carbonyl (C=O) groups excluding carboxylic acids is 3. The van der Waals surface area contributed by atoms with E-state index in [1.807, 2.05) is 0 Å². The van der Waals surface area contributed by atoms with Gasteiger partial charge in [0.15, 0.2) is 0 Å². The minimum atomic E-state index is -1.58. The summed E-state index contributed by atoms with van der Waals surface area (Å²) in [6, 6.07) is -3.11. The molecule has 1 aliphatic rings. The number of hydrogen-bond donors (Lipinski definition) is 4. The number of nitrogens with zero attached hydrogens (tertiary/aromatic N) is 2. The van der Waals surface area contributed by atoms with E-state index in [1.54, 1.807) is 6.92 Å². The van der Waals surface area contributed by atoms with Crippen LogP contribution in [0, 0.1) is 11.8 Å². The second-order valence-electron chi connectivity index (χ2n) is 9.18. The lowest BCUT2D eigenvalue weighted by Gasteiger charge is -2.33. The summed E-state index contributed by atoms with van der Waals surface area (Å²) < 4.78 is 0. The van der Waals surface area contributed by atoms with Crippen molar-refractivity contribution in [3.8, 4) is 0 Å². The number of carboxylic acid groups (broad SMARTS) is 2. The zero-order chi connectivity index (χ0) is 25.8. The van der Waals surface area contributed by atoms with E-state index in [0.717, 1.165) is 38.8 Å². The van der Waals surface area contributed by atoms with Gasteiger partial charge in [0.05, 0.1) is 12.5 Å². The normalized spacial score (nSPS) is 16.0. The molecule has 3 amide bonds. The van der Waals surface area contributed by atoms with Crippen molar-refractivity contribution in [2.45, 2.75) is 77.8 Å². The Labute approximate surface area is 201 Å². The van der Waals surface area contributed by atoms with Gasteiger partial charge in [-0.25, -0.2) is 4.79 Å². The molecule has 2 unspecified atom stereocenters. The Morgan fingerprint density at radius 2 is 1.65 bits per heavy atom. The van der Waals surface area contributed by atoms with Gasteiger partial charge in [-0.2, -0.15) is 0 Å². The lowest BCUT2D eigenvalue weighted by molar-refractivity contribution is -0.162. The number of amides is 3. The Kier molecular flexibility index (Phi) is 12.7. The van der Waals surface area contributed by atoms with Gasteiger partial charge in [-0.15, -0.1) is 0 Å². The van der Waals surface area contributed by atoms with Crippen LogP contribution in [0.4, 0.5) is 0 Å². The van der Waals surface area contributed by atoms with Crippen molar-refractivity contribution in [1.29, 1.82) is 0 Å². The highest BCUT2D eigenvalue weighted by molar-refractivity contribution is 6.03. The van der Waals surface area contributed by atoms with E-state index in [4.69, 9.17) is 10.8 Å².